The molecule has 6 nitrogen and oxygen atoms in total. The molecule has 0 unspecified atom stereocenters. The molecule has 0 radical (unpaired) electrons. The Balaban J connectivity index is 1.29. The second-order valence-corrected chi connectivity index (χ2v) is 9.89. The number of aryl methyl sites for hydroxylation is 3. The summed E-state index contributed by atoms with van der Waals surface area (Å²) >= 11 is 0. The minimum Gasteiger partial charge on any atom is -0.496 e. The van der Waals surface area contributed by atoms with E-state index in [4.69, 9.17) is 4.74 Å². The topological polar surface area (TPSA) is 69.0 Å². The number of ether oxygens (including phenoxy) is 1. The van der Waals surface area contributed by atoms with Crippen molar-refractivity contribution < 1.29 is 9.53 Å². The van der Waals surface area contributed by atoms with Gasteiger partial charge in [0.15, 0.2) is 0 Å². The van der Waals surface area contributed by atoms with Gasteiger partial charge in [-0.25, -0.2) is 0 Å². The summed E-state index contributed by atoms with van der Waals surface area (Å²) < 4.78 is 7.79. The molecule has 6 heteroatoms. The predicted molar refractivity (Wildman–Crippen MR) is 126 cm³/mol. The third-order valence-electron chi connectivity index (χ3n) is 7.15. The van der Waals surface area contributed by atoms with Crippen LogP contribution in [-0.4, -0.2) is 27.8 Å². The van der Waals surface area contributed by atoms with Crippen molar-refractivity contribution in [3.05, 3.63) is 41.0 Å². The molecule has 1 heterocycles. The van der Waals surface area contributed by atoms with Crippen LogP contribution in [0.4, 0.5) is 0 Å². The molecule has 2 aliphatic carbocycles. The van der Waals surface area contributed by atoms with Crippen LogP contribution in [-0.2, 0) is 24.2 Å². The number of amides is 1. The minimum atomic E-state index is 0.0378. The molecular formula is C26H38N4O2. The van der Waals surface area contributed by atoms with Gasteiger partial charge in [-0.3, -0.25) is 4.79 Å². The van der Waals surface area contributed by atoms with Crippen LogP contribution in [0.3, 0.4) is 0 Å². The average molecular weight is 439 g/mol. The second-order valence-electron chi connectivity index (χ2n) is 9.89. The van der Waals surface area contributed by atoms with E-state index in [2.05, 4.69) is 27.0 Å². The molecule has 0 atom stereocenters. The number of hydrogen-bond acceptors (Lipinski definition) is 4. The Morgan fingerprint density at radius 3 is 2.50 bits per heavy atom. The van der Waals surface area contributed by atoms with Crippen LogP contribution in [0.1, 0.15) is 87.1 Å². The molecule has 0 saturated heterocycles. The van der Waals surface area contributed by atoms with Gasteiger partial charge in [0.2, 0.25) is 5.91 Å². The van der Waals surface area contributed by atoms with Crippen LogP contribution in [0, 0.1) is 18.8 Å². The van der Waals surface area contributed by atoms with E-state index >= 15 is 0 Å². The second kappa shape index (κ2) is 10.5. The lowest BCUT2D eigenvalue weighted by molar-refractivity contribution is -0.121. The van der Waals surface area contributed by atoms with Gasteiger partial charge in [0, 0.05) is 37.4 Å². The van der Waals surface area contributed by atoms with E-state index in [9.17, 15) is 4.79 Å². The van der Waals surface area contributed by atoms with Crippen molar-refractivity contribution in [2.24, 2.45) is 11.8 Å². The summed E-state index contributed by atoms with van der Waals surface area (Å²) in [7, 11) is 1.66. The molecule has 2 aromatic rings. The third-order valence-corrected chi connectivity index (χ3v) is 7.15. The van der Waals surface area contributed by atoms with E-state index in [1.54, 1.807) is 7.11 Å². The number of carbonyl (C=O) groups excluding carboxylic acids is 1. The number of benzene rings is 1. The molecule has 0 aliphatic heterocycles. The Bertz CT molecular complexity index is 911. The normalized spacial score (nSPS) is 20.8. The van der Waals surface area contributed by atoms with Crippen LogP contribution in [0.15, 0.2) is 18.2 Å². The maximum Gasteiger partial charge on any atom is 0.220 e. The number of nitrogens with zero attached hydrogens (tertiary/aromatic N) is 3. The van der Waals surface area contributed by atoms with Crippen molar-refractivity contribution in [3.63, 3.8) is 0 Å². The molecule has 2 saturated carbocycles. The zero-order valence-electron chi connectivity index (χ0n) is 19.9. The van der Waals surface area contributed by atoms with Gasteiger partial charge in [0.05, 0.1) is 7.11 Å². The highest BCUT2D eigenvalue weighted by atomic mass is 16.5. The first-order valence-corrected chi connectivity index (χ1v) is 12.4. The summed E-state index contributed by atoms with van der Waals surface area (Å²) in [5.74, 6) is 4.69. The van der Waals surface area contributed by atoms with Gasteiger partial charge in [-0.1, -0.05) is 44.7 Å². The monoisotopic (exact) mass is 438 g/mol. The average Bonchev–Trinajstić information content (AvgIpc) is 3.56. The van der Waals surface area contributed by atoms with E-state index < -0.39 is 0 Å². The van der Waals surface area contributed by atoms with Crippen LogP contribution in [0.25, 0.3) is 0 Å². The molecule has 2 aliphatic rings. The third kappa shape index (κ3) is 5.90. The lowest BCUT2D eigenvalue weighted by Crippen LogP contribution is -2.24. The number of hydrogen-bond donors (Lipinski definition) is 1. The Labute approximate surface area is 192 Å². The lowest BCUT2D eigenvalue weighted by Gasteiger charge is -2.25. The first-order chi connectivity index (χ1) is 15.5. The van der Waals surface area contributed by atoms with Gasteiger partial charge in [0.25, 0.3) is 0 Å². The zero-order valence-corrected chi connectivity index (χ0v) is 19.9. The highest BCUT2D eigenvalue weighted by Gasteiger charge is 2.30. The van der Waals surface area contributed by atoms with Crippen molar-refractivity contribution in [2.75, 3.05) is 7.11 Å². The zero-order chi connectivity index (χ0) is 22.5. The standard InChI is InChI=1S/C26H38N4O2/c1-18-4-7-20(8-5-18)9-13-24-28-29-25(30(24)22-11-12-22)14-15-26(31)27-17-21-10-6-19(2)16-23(21)32-3/h6,10,16,18,20,22H,4-5,7-9,11-15,17H2,1-3H3,(H,27,31)/t18-,20-. The number of methoxy groups -OCH3 is 1. The first-order valence-electron chi connectivity index (χ1n) is 12.4. The highest BCUT2D eigenvalue weighted by molar-refractivity contribution is 5.76. The van der Waals surface area contributed by atoms with Crippen LogP contribution < -0.4 is 10.1 Å². The number of aromatic nitrogens is 3. The quantitative estimate of drug-likeness (QED) is 0.571. The summed E-state index contributed by atoms with van der Waals surface area (Å²) in [6, 6.07) is 6.59. The van der Waals surface area contributed by atoms with Gasteiger partial charge in [-0.2, -0.15) is 0 Å². The fourth-order valence-corrected chi connectivity index (χ4v) is 4.91. The highest BCUT2D eigenvalue weighted by Crippen LogP contribution is 2.38. The Hall–Kier alpha value is -2.37. The fraction of sp³-hybridized carbons (Fsp3) is 0.654. The molecule has 1 aromatic heterocycles. The van der Waals surface area contributed by atoms with Gasteiger partial charge >= 0.3 is 0 Å². The Morgan fingerprint density at radius 1 is 1.09 bits per heavy atom. The lowest BCUT2D eigenvalue weighted by atomic mass is 9.81. The molecule has 0 bridgehead atoms. The van der Waals surface area contributed by atoms with Gasteiger partial charge < -0.3 is 14.6 Å². The number of rotatable bonds is 10. The predicted octanol–water partition coefficient (Wildman–Crippen LogP) is 4.94. The van der Waals surface area contributed by atoms with E-state index in [1.165, 1.54) is 44.9 Å². The molecule has 174 valence electrons. The molecule has 1 N–H and O–H groups in total. The maximum atomic E-state index is 12.5. The van der Waals surface area contributed by atoms with Crippen LogP contribution >= 0.6 is 0 Å². The smallest absolute Gasteiger partial charge is 0.220 e. The van der Waals surface area contributed by atoms with Gasteiger partial charge in [0.1, 0.15) is 17.4 Å². The van der Waals surface area contributed by atoms with E-state index in [0.717, 1.165) is 46.8 Å². The Morgan fingerprint density at radius 2 is 1.81 bits per heavy atom. The molecule has 32 heavy (non-hydrogen) atoms. The largest absolute Gasteiger partial charge is 0.496 e. The number of nitrogens with one attached hydrogen (secondary N) is 1. The van der Waals surface area contributed by atoms with Crippen molar-refractivity contribution >= 4 is 5.91 Å². The molecule has 4 rings (SSSR count). The van der Waals surface area contributed by atoms with Crippen LogP contribution in [0.5, 0.6) is 5.75 Å². The number of carbonyl (C=O) groups is 1. The summed E-state index contributed by atoms with van der Waals surface area (Å²) in [6.45, 7) is 4.88. The summed E-state index contributed by atoms with van der Waals surface area (Å²) in [4.78, 5) is 12.5. The van der Waals surface area contributed by atoms with Gasteiger partial charge in [-0.05, 0) is 49.7 Å². The summed E-state index contributed by atoms with van der Waals surface area (Å²) in [5, 5.41) is 12.1. The molecule has 1 aromatic carbocycles. The molecule has 2 fully saturated rings. The maximum absolute atomic E-state index is 12.5. The van der Waals surface area contributed by atoms with Crippen molar-refractivity contribution in [2.45, 2.75) is 90.6 Å². The van der Waals surface area contributed by atoms with Crippen molar-refractivity contribution in [1.29, 1.82) is 0 Å². The van der Waals surface area contributed by atoms with Crippen molar-refractivity contribution in [1.82, 2.24) is 20.1 Å². The van der Waals surface area contributed by atoms with E-state index in [0.29, 0.717) is 25.4 Å². The van der Waals surface area contributed by atoms with Crippen LogP contribution in [0.2, 0.25) is 0 Å². The van der Waals surface area contributed by atoms with E-state index in [-0.39, 0.29) is 5.91 Å². The van der Waals surface area contributed by atoms with Crippen molar-refractivity contribution in [3.8, 4) is 5.75 Å². The summed E-state index contributed by atoms with van der Waals surface area (Å²) in [6.07, 6.45) is 11.2. The fourth-order valence-electron chi connectivity index (χ4n) is 4.91. The minimum absolute atomic E-state index is 0.0378. The molecule has 0 spiro atoms. The summed E-state index contributed by atoms with van der Waals surface area (Å²) in [5.41, 5.74) is 2.14. The van der Waals surface area contributed by atoms with E-state index in [1.807, 2.05) is 25.1 Å². The first kappa shape index (κ1) is 22.8. The van der Waals surface area contributed by atoms with Gasteiger partial charge in [-0.15, -0.1) is 10.2 Å². The Kier molecular flexibility index (Phi) is 7.48. The molecular weight excluding hydrogens is 400 g/mol. The molecule has 1 amide bonds. The SMILES string of the molecule is COc1cc(C)ccc1CNC(=O)CCc1nnc(CC[C@H]2CC[C@H](C)CC2)n1C1CC1.